The molecule has 0 spiro atoms. The number of nitrogens with zero attached hydrogens (tertiary/aromatic N) is 5. The second kappa shape index (κ2) is 11.4. The van der Waals surface area contributed by atoms with E-state index in [-0.39, 0.29) is 28.7 Å². The van der Waals surface area contributed by atoms with Gasteiger partial charge in [-0.25, -0.2) is 24.1 Å². The van der Waals surface area contributed by atoms with E-state index in [4.69, 9.17) is 10.7 Å². The second-order valence-corrected chi connectivity index (χ2v) is 10.3. The number of anilines is 2. The lowest BCUT2D eigenvalue weighted by Gasteiger charge is -2.33. The van der Waals surface area contributed by atoms with Crippen molar-refractivity contribution in [3.05, 3.63) is 53.5 Å². The van der Waals surface area contributed by atoms with Gasteiger partial charge in [-0.15, -0.1) is 0 Å². The van der Waals surface area contributed by atoms with E-state index in [1.54, 1.807) is 6.20 Å². The van der Waals surface area contributed by atoms with E-state index >= 15 is 0 Å². The molecule has 1 aromatic carbocycles. The minimum Gasteiger partial charge on any atom is -0.477 e. The summed E-state index contributed by atoms with van der Waals surface area (Å²) in [5.41, 5.74) is 4.87. The van der Waals surface area contributed by atoms with Crippen molar-refractivity contribution in [1.82, 2.24) is 24.8 Å². The van der Waals surface area contributed by atoms with Gasteiger partial charge in [0.25, 0.3) is 0 Å². The van der Waals surface area contributed by atoms with Gasteiger partial charge in [0.15, 0.2) is 0 Å². The third-order valence-corrected chi connectivity index (χ3v) is 7.75. The Hall–Kier alpha value is -3.74. The number of nitrogens with one attached hydrogen (secondary N) is 1. The topological polar surface area (TPSA) is 122 Å². The smallest absolute Gasteiger partial charge is 0.419 e. The van der Waals surface area contributed by atoms with Gasteiger partial charge in [-0.05, 0) is 43.9 Å². The number of nitrogen functional groups attached to an aromatic ring is 1. The van der Waals surface area contributed by atoms with Crippen molar-refractivity contribution in [2.45, 2.75) is 63.2 Å². The summed E-state index contributed by atoms with van der Waals surface area (Å²) < 4.78 is 56.1. The fraction of sp³-hybridized carbons (Fsp3) is 0.481. The number of carboxylic acids is 1. The van der Waals surface area contributed by atoms with E-state index < -0.39 is 23.5 Å². The summed E-state index contributed by atoms with van der Waals surface area (Å²) in [7, 11) is 0. The average Bonchev–Trinajstić information content (AvgIpc) is 3.59. The number of imidazole rings is 1. The molecule has 0 radical (unpaired) electrons. The molecule has 3 aromatic rings. The maximum absolute atomic E-state index is 13.9. The van der Waals surface area contributed by atoms with E-state index in [0.29, 0.717) is 50.8 Å². The van der Waals surface area contributed by atoms with E-state index in [1.807, 2.05) is 9.47 Å². The maximum Gasteiger partial charge on any atom is 0.419 e. The zero-order valence-corrected chi connectivity index (χ0v) is 21.8. The van der Waals surface area contributed by atoms with Crippen LogP contribution in [-0.2, 0) is 12.7 Å². The molecule has 1 saturated carbocycles. The van der Waals surface area contributed by atoms with Crippen molar-refractivity contribution in [2.24, 2.45) is 0 Å². The summed E-state index contributed by atoms with van der Waals surface area (Å²) >= 11 is 0. The second-order valence-electron chi connectivity index (χ2n) is 10.3. The Morgan fingerprint density at radius 1 is 1.12 bits per heavy atom. The lowest BCUT2D eigenvalue weighted by atomic mass is 9.95. The first-order valence-electron chi connectivity index (χ1n) is 13.4. The average molecular weight is 562 g/mol. The number of aromatic nitrogens is 4. The van der Waals surface area contributed by atoms with Gasteiger partial charge >= 0.3 is 12.1 Å². The highest BCUT2D eigenvalue weighted by Gasteiger charge is 2.35. The Morgan fingerprint density at radius 2 is 1.85 bits per heavy atom. The van der Waals surface area contributed by atoms with E-state index in [0.717, 1.165) is 30.8 Å². The molecular weight excluding hydrogens is 530 g/mol. The van der Waals surface area contributed by atoms with Crippen molar-refractivity contribution in [1.29, 1.82) is 0 Å². The number of nitrogens with two attached hydrogens (primary N) is 1. The molecule has 2 fully saturated rings. The number of carboxylic acid groups (broad SMARTS) is 1. The fourth-order valence-corrected chi connectivity index (χ4v) is 5.68. The van der Waals surface area contributed by atoms with Gasteiger partial charge in [-0.1, -0.05) is 12.8 Å². The van der Waals surface area contributed by atoms with Gasteiger partial charge in [0.2, 0.25) is 0 Å². The molecule has 1 saturated heterocycles. The van der Waals surface area contributed by atoms with E-state index in [1.165, 1.54) is 25.2 Å². The maximum atomic E-state index is 13.9. The summed E-state index contributed by atoms with van der Waals surface area (Å²) in [6, 6.07) is 3.40. The number of benzene rings is 1. The molecule has 2 aromatic heterocycles. The number of piperidine rings is 1. The molecule has 2 aliphatic rings. The third kappa shape index (κ3) is 5.88. The molecule has 1 aliphatic heterocycles. The fourth-order valence-electron chi connectivity index (χ4n) is 5.68. The van der Waals surface area contributed by atoms with Gasteiger partial charge in [0.05, 0.1) is 11.3 Å². The number of hydrogen-bond donors (Lipinski definition) is 3. The van der Waals surface area contributed by atoms with Gasteiger partial charge in [0, 0.05) is 49.9 Å². The zero-order chi connectivity index (χ0) is 28.4. The summed E-state index contributed by atoms with van der Waals surface area (Å²) in [4.78, 5) is 26.3. The van der Waals surface area contributed by atoms with E-state index in [9.17, 15) is 27.5 Å². The molecule has 40 heavy (non-hydrogen) atoms. The lowest BCUT2D eigenvalue weighted by molar-refractivity contribution is -0.139. The van der Waals surface area contributed by atoms with Crippen LogP contribution in [0, 0.1) is 5.82 Å². The highest BCUT2D eigenvalue weighted by Crippen LogP contribution is 2.36. The third-order valence-electron chi connectivity index (χ3n) is 7.75. The minimum absolute atomic E-state index is 0.0218. The van der Waals surface area contributed by atoms with Crippen molar-refractivity contribution in [3.63, 3.8) is 0 Å². The normalized spacial score (nSPS) is 17.1. The van der Waals surface area contributed by atoms with Crippen LogP contribution in [0.5, 0.6) is 0 Å². The first kappa shape index (κ1) is 27.8. The Balaban J connectivity index is 1.39. The van der Waals surface area contributed by atoms with Gasteiger partial charge in [0.1, 0.15) is 35.2 Å². The number of rotatable bonds is 8. The molecule has 0 unspecified atom stereocenters. The quantitative estimate of drug-likeness (QED) is 0.339. The number of carbonyl (C=O) groups is 1. The van der Waals surface area contributed by atoms with Crippen molar-refractivity contribution < 1.29 is 27.5 Å². The van der Waals surface area contributed by atoms with Crippen LogP contribution in [-0.4, -0.2) is 56.3 Å². The molecule has 0 amide bonds. The SMILES string of the molecule is Nc1ncnc(N2CCC(c3nc(-c4ccc(F)c(C(F)(F)F)c4)cn3CCNC3CCCC3)CC2)c1C(=O)O. The summed E-state index contributed by atoms with van der Waals surface area (Å²) in [6.45, 7) is 2.24. The summed E-state index contributed by atoms with van der Waals surface area (Å²) in [5.74, 6) is -1.66. The molecule has 0 bridgehead atoms. The molecule has 5 rings (SSSR count). The van der Waals surface area contributed by atoms with Crippen LogP contribution >= 0.6 is 0 Å². The molecular formula is C27H31F4N7O2. The summed E-state index contributed by atoms with van der Waals surface area (Å²) in [5, 5.41) is 13.2. The highest BCUT2D eigenvalue weighted by molar-refractivity contribution is 5.98. The zero-order valence-electron chi connectivity index (χ0n) is 21.8. The van der Waals surface area contributed by atoms with Gasteiger partial charge < -0.3 is 25.6 Å². The predicted octanol–water partition coefficient (Wildman–Crippen LogP) is 4.69. The van der Waals surface area contributed by atoms with Gasteiger partial charge in [-0.3, -0.25) is 0 Å². The van der Waals surface area contributed by atoms with Crippen LogP contribution in [0.3, 0.4) is 0 Å². The lowest BCUT2D eigenvalue weighted by Crippen LogP contribution is -2.36. The first-order valence-corrected chi connectivity index (χ1v) is 13.4. The van der Waals surface area contributed by atoms with Crippen LogP contribution < -0.4 is 16.0 Å². The number of hydrogen-bond acceptors (Lipinski definition) is 7. The van der Waals surface area contributed by atoms with E-state index in [2.05, 4.69) is 15.3 Å². The Kier molecular flexibility index (Phi) is 7.92. The molecule has 1 aliphatic carbocycles. The number of alkyl halides is 3. The molecule has 0 atom stereocenters. The molecule has 4 N–H and O–H groups in total. The van der Waals surface area contributed by atoms with Crippen LogP contribution in [0.15, 0.2) is 30.7 Å². The predicted molar refractivity (Wildman–Crippen MR) is 140 cm³/mol. The van der Waals surface area contributed by atoms with Crippen LogP contribution in [0.2, 0.25) is 0 Å². The van der Waals surface area contributed by atoms with Crippen LogP contribution in [0.25, 0.3) is 11.3 Å². The minimum atomic E-state index is -4.82. The Labute approximate surface area is 228 Å². The van der Waals surface area contributed by atoms with Crippen molar-refractivity contribution in [2.75, 3.05) is 30.3 Å². The van der Waals surface area contributed by atoms with Crippen LogP contribution in [0.1, 0.15) is 66.2 Å². The largest absolute Gasteiger partial charge is 0.477 e. The first-order chi connectivity index (χ1) is 19.1. The Morgan fingerprint density at radius 3 is 2.52 bits per heavy atom. The summed E-state index contributed by atoms with van der Waals surface area (Å²) in [6.07, 6.45) is 4.04. The number of aromatic carboxylic acids is 1. The Bertz CT molecular complexity index is 1360. The standard InChI is InChI=1S/C27H31F4N7O2/c28-20-6-5-17(13-19(20)27(29,30)31)21-14-38(12-9-33-18-3-1-2-4-18)24(36-21)16-7-10-37(11-8-16)25-22(26(39)40)23(32)34-15-35-25/h5-6,13-16,18,33H,1-4,7-12H2,(H,39,40)(H2,32,34,35). The molecule has 3 heterocycles. The number of halogens is 4. The molecule has 214 valence electrons. The van der Waals surface area contributed by atoms with Crippen molar-refractivity contribution >= 4 is 17.6 Å². The molecule has 9 nitrogen and oxygen atoms in total. The van der Waals surface area contributed by atoms with Crippen molar-refractivity contribution in [3.8, 4) is 11.3 Å². The monoisotopic (exact) mass is 561 g/mol. The molecule has 13 heteroatoms. The van der Waals surface area contributed by atoms with Crippen LogP contribution in [0.4, 0.5) is 29.2 Å². The van der Waals surface area contributed by atoms with Gasteiger partial charge in [-0.2, -0.15) is 13.2 Å². The highest BCUT2D eigenvalue weighted by atomic mass is 19.4.